The maximum Gasteiger partial charge on any atom is 0.329 e. The van der Waals surface area contributed by atoms with Crippen LogP contribution >= 0.6 is 0 Å². The van der Waals surface area contributed by atoms with E-state index in [1.165, 1.54) is 13.0 Å². The molecule has 0 radical (unpaired) electrons. The highest BCUT2D eigenvalue weighted by atomic mass is 19.1. The van der Waals surface area contributed by atoms with Gasteiger partial charge in [0, 0.05) is 12.1 Å². The number of carboxylic acid groups (broad SMARTS) is 1. The molecular weight excluding hydrogens is 263 g/mol. The predicted molar refractivity (Wildman–Crippen MR) is 70.5 cm³/mol. The fraction of sp³-hybridized carbons (Fsp3) is 0.429. The summed E-state index contributed by atoms with van der Waals surface area (Å²) in [5.74, 6) is -1.50. The molecule has 1 atom stereocenters. The fourth-order valence-electron chi connectivity index (χ4n) is 2.09. The first-order valence-corrected chi connectivity index (χ1v) is 6.46. The molecule has 1 aromatic carbocycles. The van der Waals surface area contributed by atoms with E-state index in [2.05, 4.69) is 10.6 Å². The molecule has 6 heteroatoms. The van der Waals surface area contributed by atoms with Crippen molar-refractivity contribution in [2.24, 2.45) is 5.92 Å². The Kier molecular flexibility index (Phi) is 3.92. The van der Waals surface area contributed by atoms with E-state index >= 15 is 0 Å². The van der Waals surface area contributed by atoms with Gasteiger partial charge in [0.2, 0.25) is 0 Å². The summed E-state index contributed by atoms with van der Waals surface area (Å²) < 4.78 is 13.4. The number of rotatable bonds is 5. The molecule has 1 saturated carbocycles. The van der Waals surface area contributed by atoms with Crippen molar-refractivity contribution >= 4 is 12.0 Å². The van der Waals surface area contributed by atoms with Crippen LogP contribution in [0.3, 0.4) is 0 Å². The maximum absolute atomic E-state index is 13.4. The van der Waals surface area contributed by atoms with Crippen LogP contribution in [0.25, 0.3) is 0 Å². The van der Waals surface area contributed by atoms with Crippen molar-refractivity contribution in [3.05, 3.63) is 35.6 Å². The van der Waals surface area contributed by atoms with Crippen molar-refractivity contribution in [1.82, 2.24) is 10.6 Å². The number of aliphatic carboxylic acids is 1. The molecule has 108 valence electrons. The number of carbonyl (C=O) groups is 2. The zero-order valence-corrected chi connectivity index (χ0v) is 11.1. The van der Waals surface area contributed by atoms with Gasteiger partial charge in [-0.2, -0.15) is 0 Å². The second-order valence-corrected chi connectivity index (χ2v) is 5.18. The molecule has 2 amide bonds. The minimum absolute atomic E-state index is 0.0128. The standard InChI is InChI=1S/C14H17FN2O3/c1-14(12(18)19,10-6-7-10)17-13(20)16-8-9-4-2-3-5-11(9)15/h2-5,10H,6-8H2,1H3,(H,18,19)(H2,16,17,20). The van der Waals surface area contributed by atoms with Crippen LogP contribution in [0.2, 0.25) is 0 Å². The second-order valence-electron chi connectivity index (χ2n) is 5.18. The second kappa shape index (κ2) is 5.48. The summed E-state index contributed by atoms with van der Waals surface area (Å²) in [7, 11) is 0. The highest BCUT2D eigenvalue weighted by Crippen LogP contribution is 2.39. The first kappa shape index (κ1) is 14.3. The van der Waals surface area contributed by atoms with E-state index < -0.39 is 23.4 Å². The van der Waals surface area contributed by atoms with Crippen molar-refractivity contribution in [3.63, 3.8) is 0 Å². The Morgan fingerprint density at radius 2 is 2.05 bits per heavy atom. The van der Waals surface area contributed by atoms with Crippen LogP contribution in [0.5, 0.6) is 0 Å². The molecule has 1 fully saturated rings. The molecule has 0 heterocycles. The van der Waals surface area contributed by atoms with Gasteiger partial charge in [-0.05, 0) is 31.7 Å². The largest absolute Gasteiger partial charge is 0.480 e. The monoisotopic (exact) mass is 280 g/mol. The lowest BCUT2D eigenvalue weighted by atomic mass is 9.96. The molecule has 0 bridgehead atoms. The predicted octanol–water partition coefficient (Wildman–Crippen LogP) is 1.88. The third kappa shape index (κ3) is 3.07. The summed E-state index contributed by atoms with van der Waals surface area (Å²) in [6, 6.07) is 5.50. The molecule has 1 aromatic rings. The van der Waals surface area contributed by atoms with E-state index in [1.54, 1.807) is 18.2 Å². The summed E-state index contributed by atoms with van der Waals surface area (Å²) in [6.07, 6.45) is 1.58. The molecule has 1 unspecified atom stereocenters. The summed E-state index contributed by atoms with van der Waals surface area (Å²) in [6.45, 7) is 1.51. The molecule has 1 aliphatic carbocycles. The Balaban J connectivity index is 1.92. The van der Waals surface area contributed by atoms with Crippen LogP contribution in [-0.4, -0.2) is 22.6 Å². The van der Waals surface area contributed by atoms with Crippen LogP contribution in [0.4, 0.5) is 9.18 Å². The molecule has 0 saturated heterocycles. The zero-order chi connectivity index (χ0) is 14.8. The SMILES string of the molecule is CC(NC(=O)NCc1ccccc1F)(C(=O)O)C1CC1. The van der Waals surface area contributed by atoms with Crippen molar-refractivity contribution in [3.8, 4) is 0 Å². The number of carboxylic acids is 1. The lowest BCUT2D eigenvalue weighted by Crippen LogP contribution is -2.56. The van der Waals surface area contributed by atoms with Crippen LogP contribution < -0.4 is 10.6 Å². The average Bonchev–Trinajstić information content (AvgIpc) is 3.22. The Labute approximate surface area is 116 Å². The zero-order valence-electron chi connectivity index (χ0n) is 11.1. The Hall–Kier alpha value is -2.11. The van der Waals surface area contributed by atoms with Crippen molar-refractivity contribution in [1.29, 1.82) is 0 Å². The number of hydrogen-bond acceptors (Lipinski definition) is 2. The lowest BCUT2D eigenvalue weighted by molar-refractivity contribution is -0.144. The summed E-state index contributed by atoms with van der Waals surface area (Å²) in [4.78, 5) is 23.0. The molecule has 3 N–H and O–H groups in total. The molecule has 5 nitrogen and oxygen atoms in total. The first-order chi connectivity index (χ1) is 9.43. The topological polar surface area (TPSA) is 78.4 Å². The number of carbonyl (C=O) groups excluding carboxylic acids is 1. The first-order valence-electron chi connectivity index (χ1n) is 6.46. The average molecular weight is 280 g/mol. The van der Waals surface area contributed by atoms with Gasteiger partial charge in [-0.3, -0.25) is 0 Å². The van der Waals surface area contributed by atoms with Gasteiger partial charge in [-0.25, -0.2) is 14.0 Å². The van der Waals surface area contributed by atoms with Crippen LogP contribution in [0.1, 0.15) is 25.3 Å². The highest BCUT2D eigenvalue weighted by molar-refractivity contribution is 5.86. The molecule has 2 rings (SSSR count). The number of amides is 2. The van der Waals surface area contributed by atoms with Crippen LogP contribution in [-0.2, 0) is 11.3 Å². The summed E-state index contributed by atoms with van der Waals surface area (Å²) >= 11 is 0. The summed E-state index contributed by atoms with van der Waals surface area (Å²) in [5, 5.41) is 14.2. The fourth-order valence-corrected chi connectivity index (χ4v) is 2.09. The van der Waals surface area contributed by atoms with E-state index in [0.29, 0.717) is 5.56 Å². The molecule has 20 heavy (non-hydrogen) atoms. The number of halogens is 1. The minimum atomic E-state index is -1.26. The van der Waals surface area contributed by atoms with Gasteiger partial charge in [0.25, 0.3) is 0 Å². The normalized spacial score (nSPS) is 17.1. The third-order valence-electron chi connectivity index (χ3n) is 3.61. The van der Waals surface area contributed by atoms with Crippen LogP contribution in [0, 0.1) is 11.7 Å². The van der Waals surface area contributed by atoms with Gasteiger partial charge < -0.3 is 15.7 Å². The van der Waals surface area contributed by atoms with Gasteiger partial charge in [0.05, 0.1) is 0 Å². The Bertz CT molecular complexity index is 531. The van der Waals surface area contributed by atoms with Gasteiger partial charge in [-0.15, -0.1) is 0 Å². The number of benzene rings is 1. The molecule has 0 aromatic heterocycles. The molecular formula is C14H17FN2O3. The minimum Gasteiger partial charge on any atom is -0.480 e. The van der Waals surface area contributed by atoms with E-state index in [4.69, 9.17) is 0 Å². The smallest absolute Gasteiger partial charge is 0.329 e. The molecule has 1 aliphatic rings. The van der Waals surface area contributed by atoms with E-state index in [9.17, 15) is 19.1 Å². The Morgan fingerprint density at radius 3 is 2.60 bits per heavy atom. The molecule has 0 spiro atoms. The van der Waals surface area contributed by atoms with Crippen molar-refractivity contribution < 1.29 is 19.1 Å². The summed E-state index contributed by atoms with van der Waals surface area (Å²) in [5.41, 5.74) is -0.912. The number of hydrogen-bond donors (Lipinski definition) is 3. The van der Waals surface area contributed by atoms with Crippen molar-refractivity contribution in [2.75, 3.05) is 0 Å². The van der Waals surface area contributed by atoms with E-state index in [1.807, 2.05) is 0 Å². The number of urea groups is 1. The Morgan fingerprint density at radius 1 is 1.40 bits per heavy atom. The van der Waals surface area contributed by atoms with E-state index in [-0.39, 0.29) is 12.5 Å². The molecule has 0 aliphatic heterocycles. The lowest BCUT2D eigenvalue weighted by Gasteiger charge is -2.26. The quantitative estimate of drug-likeness (QED) is 0.770. The third-order valence-corrected chi connectivity index (χ3v) is 3.61. The van der Waals surface area contributed by atoms with Crippen LogP contribution in [0.15, 0.2) is 24.3 Å². The van der Waals surface area contributed by atoms with Crippen molar-refractivity contribution in [2.45, 2.75) is 31.8 Å². The van der Waals surface area contributed by atoms with E-state index in [0.717, 1.165) is 12.8 Å². The highest BCUT2D eigenvalue weighted by Gasteiger charge is 2.48. The van der Waals surface area contributed by atoms with Gasteiger partial charge in [0.1, 0.15) is 11.4 Å². The maximum atomic E-state index is 13.4. The van der Waals surface area contributed by atoms with Gasteiger partial charge in [0.15, 0.2) is 0 Å². The van der Waals surface area contributed by atoms with Gasteiger partial charge in [-0.1, -0.05) is 18.2 Å². The number of nitrogens with one attached hydrogen (secondary N) is 2. The van der Waals surface area contributed by atoms with Gasteiger partial charge >= 0.3 is 12.0 Å².